The summed E-state index contributed by atoms with van der Waals surface area (Å²) >= 11 is 0. The minimum atomic E-state index is -0.495. The van der Waals surface area contributed by atoms with Gasteiger partial charge in [-0.15, -0.1) is 5.10 Å². The smallest absolute Gasteiger partial charge is 0.289 e. The summed E-state index contributed by atoms with van der Waals surface area (Å²) in [5.41, 5.74) is 6.11. The lowest BCUT2D eigenvalue weighted by Gasteiger charge is -2.15. The number of rotatable bonds is 4. The van der Waals surface area contributed by atoms with E-state index < -0.39 is 11.9 Å². The molecular weight excluding hydrogens is 234 g/mol. The second kappa shape index (κ2) is 5.28. The van der Waals surface area contributed by atoms with Crippen molar-refractivity contribution in [1.29, 1.82) is 0 Å². The van der Waals surface area contributed by atoms with E-state index in [0.717, 1.165) is 5.56 Å². The zero-order valence-electron chi connectivity index (χ0n) is 9.50. The summed E-state index contributed by atoms with van der Waals surface area (Å²) in [6.07, 6.45) is 0. The second-order valence-corrected chi connectivity index (χ2v) is 3.66. The molecule has 0 unspecified atom stereocenters. The number of hydrogen-bond acceptors (Lipinski definition) is 5. The SMILES string of the molecule is Nc1n[nH]c(C(=O)N[C@H](CO)c2ccccc2)n1. The van der Waals surface area contributed by atoms with E-state index in [4.69, 9.17) is 5.73 Å². The molecule has 7 nitrogen and oxygen atoms in total. The number of nitrogens with zero attached hydrogens (tertiary/aromatic N) is 2. The Balaban J connectivity index is 2.10. The average molecular weight is 247 g/mol. The number of carbonyl (C=O) groups is 1. The van der Waals surface area contributed by atoms with Crippen LogP contribution in [0, 0.1) is 0 Å². The molecule has 0 spiro atoms. The standard InChI is InChI=1S/C11H13N5O2/c12-11-14-9(15-16-11)10(18)13-8(6-17)7-4-2-1-3-5-7/h1-5,8,17H,6H2,(H,13,18)(H3,12,14,15,16)/t8-/m1/s1. The highest BCUT2D eigenvalue weighted by molar-refractivity contribution is 5.90. The fourth-order valence-electron chi connectivity index (χ4n) is 1.52. The van der Waals surface area contributed by atoms with E-state index in [9.17, 15) is 9.90 Å². The van der Waals surface area contributed by atoms with E-state index in [0.29, 0.717) is 0 Å². The lowest BCUT2D eigenvalue weighted by atomic mass is 10.1. The van der Waals surface area contributed by atoms with Crippen molar-refractivity contribution in [2.75, 3.05) is 12.3 Å². The molecule has 0 aliphatic rings. The number of anilines is 1. The van der Waals surface area contributed by atoms with Gasteiger partial charge in [-0.25, -0.2) is 0 Å². The van der Waals surface area contributed by atoms with Crippen LogP contribution in [0.4, 0.5) is 5.95 Å². The lowest BCUT2D eigenvalue weighted by Crippen LogP contribution is -2.31. The second-order valence-electron chi connectivity index (χ2n) is 3.66. The molecule has 0 radical (unpaired) electrons. The molecule has 7 heteroatoms. The molecule has 1 atom stereocenters. The molecular formula is C11H13N5O2. The topological polar surface area (TPSA) is 117 Å². The van der Waals surface area contributed by atoms with Crippen LogP contribution in [0.5, 0.6) is 0 Å². The Hall–Kier alpha value is -2.41. The number of nitrogens with one attached hydrogen (secondary N) is 2. The van der Waals surface area contributed by atoms with Gasteiger partial charge in [0.05, 0.1) is 12.6 Å². The monoisotopic (exact) mass is 247 g/mol. The first-order valence-electron chi connectivity index (χ1n) is 5.35. The zero-order chi connectivity index (χ0) is 13.0. The van der Waals surface area contributed by atoms with Gasteiger partial charge >= 0.3 is 0 Å². The number of aliphatic hydroxyl groups is 1. The summed E-state index contributed by atoms with van der Waals surface area (Å²) < 4.78 is 0. The number of aliphatic hydroxyl groups excluding tert-OH is 1. The Labute approximate surface area is 103 Å². The number of hydrogen-bond donors (Lipinski definition) is 4. The normalized spacial score (nSPS) is 12.1. The van der Waals surface area contributed by atoms with E-state index in [1.165, 1.54) is 0 Å². The molecule has 1 aromatic heterocycles. The highest BCUT2D eigenvalue weighted by Gasteiger charge is 2.17. The van der Waals surface area contributed by atoms with Gasteiger partial charge in [-0.2, -0.15) is 4.98 Å². The number of amides is 1. The predicted molar refractivity (Wildman–Crippen MR) is 64.5 cm³/mol. The van der Waals surface area contributed by atoms with Crippen molar-refractivity contribution < 1.29 is 9.90 Å². The predicted octanol–water partition coefficient (Wildman–Crippen LogP) is -0.150. The first kappa shape index (κ1) is 12.1. The van der Waals surface area contributed by atoms with Crippen LogP contribution in [0.3, 0.4) is 0 Å². The van der Waals surface area contributed by atoms with Crippen molar-refractivity contribution in [2.24, 2.45) is 0 Å². The maximum atomic E-state index is 11.8. The van der Waals surface area contributed by atoms with Gasteiger partial charge in [0.2, 0.25) is 11.8 Å². The number of aromatic amines is 1. The van der Waals surface area contributed by atoms with Gasteiger partial charge in [0.1, 0.15) is 0 Å². The molecule has 1 heterocycles. The fourth-order valence-corrected chi connectivity index (χ4v) is 1.52. The van der Waals surface area contributed by atoms with Crippen molar-refractivity contribution in [1.82, 2.24) is 20.5 Å². The third kappa shape index (κ3) is 2.64. The van der Waals surface area contributed by atoms with Crippen LogP contribution in [0.2, 0.25) is 0 Å². The number of nitrogens with two attached hydrogens (primary N) is 1. The van der Waals surface area contributed by atoms with E-state index >= 15 is 0 Å². The van der Waals surface area contributed by atoms with Gasteiger partial charge in [-0.1, -0.05) is 30.3 Å². The van der Waals surface area contributed by atoms with Crippen molar-refractivity contribution in [3.63, 3.8) is 0 Å². The van der Waals surface area contributed by atoms with Gasteiger partial charge < -0.3 is 16.2 Å². The number of nitrogen functional groups attached to an aromatic ring is 1. The molecule has 0 aliphatic carbocycles. The molecule has 0 aliphatic heterocycles. The quantitative estimate of drug-likeness (QED) is 0.599. The molecule has 0 saturated heterocycles. The van der Waals surface area contributed by atoms with E-state index in [2.05, 4.69) is 20.5 Å². The molecule has 2 aromatic rings. The van der Waals surface area contributed by atoms with Gasteiger partial charge in [0.25, 0.3) is 5.91 Å². The number of H-pyrrole nitrogens is 1. The minimum Gasteiger partial charge on any atom is -0.394 e. The summed E-state index contributed by atoms with van der Waals surface area (Å²) in [5.74, 6) is -0.454. The summed E-state index contributed by atoms with van der Waals surface area (Å²) in [4.78, 5) is 15.5. The summed E-state index contributed by atoms with van der Waals surface area (Å²) in [6, 6.07) is 8.65. The number of benzene rings is 1. The molecule has 2 rings (SSSR count). The van der Waals surface area contributed by atoms with Crippen LogP contribution < -0.4 is 11.1 Å². The molecule has 5 N–H and O–H groups in total. The van der Waals surface area contributed by atoms with Gasteiger partial charge in [0.15, 0.2) is 0 Å². The van der Waals surface area contributed by atoms with Crippen LogP contribution in [0.25, 0.3) is 0 Å². The first-order chi connectivity index (χ1) is 8.70. The fraction of sp³-hybridized carbons (Fsp3) is 0.182. The average Bonchev–Trinajstić information content (AvgIpc) is 2.83. The van der Waals surface area contributed by atoms with E-state index in [1.807, 2.05) is 30.3 Å². The number of carbonyl (C=O) groups excluding carboxylic acids is 1. The van der Waals surface area contributed by atoms with Crippen molar-refractivity contribution in [3.8, 4) is 0 Å². The van der Waals surface area contributed by atoms with Crippen LogP contribution in [-0.4, -0.2) is 32.8 Å². The van der Waals surface area contributed by atoms with Crippen molar-refractivity contribution in [2.45, 2.75) is 6.04 Å². The molecule has 1 amide bonds. The maximum absolute atomic E-state index is 11.8. The highest BCUT2D eigenvalue weighted by Crippen LogP contribution is 2.12. The summed E-state index contributed by atoms with van der Waals surface area (Å²) in [7, 11) is 0. The molecule has 1 aromatic carbocycles. The molecule has 0 fully saturated rings. The lowest BCUT2D eigenvalue weighted by molar-refractivity contribution is 0.0906. The summed E-state index contributed by atoms with van der Waals surface area (Å²) in [6.45, 7) is -0.209. The maximum Gasteiger partial charge on any atom is 0.289 e. The Bertz CT molecular complexity index is 525. The molecule has 0 saturated carbocycles. The third-order valence-corrected chi connectivity index (χ3v) is 2.41. The highest BCUT2D eigenvalue weighted by atomic mass is 16.3. The molecule has 18 heavy (non-hydrogen) atoms. The largest absolute Gasteiger partial charge is 0.394 e. The van der Waals surface area contributed by atoms with E-state index in [1.54, 1.807) is 0 Å². The first-order valence-corrected chi connectivity index (χ1v) is 5.35. The Morgan fingerprint density at radius 3 is 2.72 bits per heavy atom. The zero-order valence-corrected chi connectivity index (χ0v) is 9.50. The van der Waals surface area contributed by atoms with Crippen LogP contribution in [0.1, 0.15) is 22.2 Å². The Kier molecular flexibility index (Phi) is 3.54. The third-order valence-electron chi connectivity index (χ3n) is 2.41. The van der Waals surface area contributed by atoms with Gasteiger partial charge in [-0.3, -0.25) is 9.89 Å². The summed E-state index contributed by atoms with van der Waals surface area (Å²) in [5, 5.41) is 17.9. The Morgan fingerprint density at radius 2 is 2.17 bits per heavy atom. The van der Waals surface area contributed by atoms with Crippen LogP contribution in [-0.2, 0) is 0 Å². The van der Waals surface area contributed by atoms with Gasteiger partial charge in [-0.05, 0) is 5.56 Å². The van der Waals surface area contributed by atoms with Crippen molar-refractivity contribution in [3.05, 3.63) is 41.7 Å². The Morgan fingerprint density at radius 1 is 1.44 bits per heavy atom. The van der Waals surface area contributed by atoms with Crippen LogP contribution >= 0.6 is 0 Å². The molecule has 0 bridgehead atoms. The number of aromatic nitrogens is 3. The van der Waals surface area contributed by atoms with Crippen LogP contribution in [0.15, 0.2) is 30.3 Å². The van der Waals surface area contributed by atoms with Gasteiger partial charge in [0, 0.05) is 0 Å². The van der Waals surface area contributed by atoms with Crippen molar-refractivity contribution >= 4 is 11.9 Å². The minimum absolute atomic E-state index is 0.000379. The van der Waals surface area contributed by atoms with E-state index in [-0.39, 0.29) is 18.4 Å². The molecule has 94 valence electrons.